The van der Waals surface area contributed by atoms with Gasteiger partial charge in [-0.05, 0) is 41.9 Å². The Labute approximate surface area is 138 Å². The second kappa shape index (κ2) is 5.84. The lowest BCUT2D eigenvalue weighted by atomic mass is 10.1. The maximum absolute atomic E-state index is 6.14. The first kappa shape index (κ1) is 14.6. The summed E-state index contributed by atoms with van der Waals surface area (Å²) in [4.78, 5) is 3.19. The minimum absolute atomic E-state index is 0.529. The Morgan fingerprint density at radius 1 is 1.10 bits per heavy atom. The smallest absolute Gasteiger partial charge is 0.178 e. The number of aryl methyl sites for hydroxylation is 1. The van der Waals surface area contributed by atoms with Crippen LogP contribution in [0.4, 0.5) is 0 Å². The number of imidazole rings is 1. The molecule has 0 aliphatic heterocycles. The van der Waals surface area contributed by atoms with Crippen molar-refractivity contribution in [2.24, 2.45) is 0 Å². The highest BCUT2D eigenvalue weighted by Crippen LogP contribution is 2.28. The maximum Gasteiger partial charge on any atom is 0.178 e. The van der Waals surface area contributed by atoms with Crippen molar-refractivity contribution < 1.29 is 0 Å². The number of H-pyrrole nitrogens is 1. The molecule has 108 valence electrons. The fourth-order valence-corrected chi connectivity index (χ4v) is 3.13. The molecule has 0 aliphatic rings. The molecule has 1 N–H and O–H groups in total. The number of rotatable bonds is 3. The standard InChI is InChI=1S/C16H14Cl2N2S/c1-2-10-5-3-4-6-11(10)9-20-15-8-13(18)12(17)7-14(15)19-16(20)21/h3-8H,2,9H2,1H3,(H,19,21). The number of nitrogens with one attached hydrogen (secondary N) is 1. The van der Waals surface area contributed by atoms with Gasteiger partial charge < -0.3 is 9.55 Å². The maximum atomic E-state index is 6.14. The zero-order valence-corrected chi connectivity index (χ0v) is 13.8. The number of hydrogen-bond donors (Lipinski definition) is 1. The van der Waals surface area contributed by atoms with Crippen LogP contribution in [-0.2, 0) is 13.0 Å². The summed E-state index contributed by atoms with van der Waals surface area (Å²) in [5.41, 5.74) is 4.47. The van der Waals surface area contributed by atoms with Gasteiger partial charge in [0, 0.05) is 0 Å². The van der Waals surface area contributed by atoms with Gasteiger partial charge >= 0.3 is 0 Å². The Morgan fingerprint density at radius 2 is 1.76 bits per heavy atom. The number of nitrogens with zero attached hydrogens (tertiary/aromatic N) is 1. The first-order valence-corrected chi connectivity index (χ1v) is 7.91. The van der Waals surface area contributed by atoms with Gasteiger partial charge in [-0.1, -0.05) is 54.4 Å². The number of aromatic amines is 1. The highest BCUT2D eigenvalue weighted by atomic mass is 35.5. The number of hydrogen-bond acceptors (Lipinski definition) is 1. The summed E-state index contributed by atoms with van der Waals surface area (Å²) in [5, 5.41) is 1.07. The third-order valence-corrected chi connectivity index (χ3v) is 4.69. The molecule has 0 atom stereocenters. The minimum Gasteiger partial charge on any atom is -0.331 e. The Kier molecular flexibility index (Phi) is 4.07. The van der Waals surface area contributed by atoms with Gasteiger partial charge in [0.25, 0.3) is 0 Å². The van der Waals surface area contributed by atoms with E-state index in [0.717, 1.165) is 24.0 Å². The van der Waals surface area contributed by atoms with E-state index in [1.165, 1.54) is 11.1 Å². The van der Waals surface area contributed by atoms with E-state index >= 15 is 0 Å². The zero-order valence-electron chi connectivity index (χ0n) is 11.5. The molecule has 1 aromatic heterocycles. The van der Waals surface area contributed by atoms with Crippen molar-refractivity contribution in [3.05, 3.63) is 62.3 Å². The fraction of sp³-hybridized carbons (Fsp3) is 0.188. The Morgan fingerprint density at radius 3 is 2.48 bits per heavy atom. The summed E-state index contributed by atoms with van der Waals surface area (Å²) >= 11 is 17.6. The van der Waals surface area contributed by atoms with E-state index < -0.39 is 0 Å². The lowest BCUT2D eigenvalue weighted by Gasteiger charge is -2.10. The molecule has 0 saturated carbocycles. The van der Waals surface area contributed by atoms with Gasteiger partial charge in [0.15, 0.2) is 4.77 Å². The van der Waals surface area contributed by atoms with E-state index in [1.54, 1.807) is 0 Å². The predicted molar refractivity (Wildman–Crippen MR) is 92.1 cm³/mol. The molecule has 3 aromatic rings. The number of halogens is 2. The van der Waals surface area contributed by atoms with Crippen molar-refractivity contribution in [1.82, 2.24) is 9.55 Å². The van der Waals surface area contributed by atoms with Gasteiger partial charge in [-0.2, -0.15) is 0 Å². The summed E-state index contributed by atoms with van der Waals surface area (Å²) in [6, 6.07) is 12.1. The van der Waals surface area contributed by atoms with Gasteiger partial charge in [-0.3, -0.25) is 0 Å². The van der Waals surface area contributed by atoms with Crippen LogP contribution in [0.15, 0.2) is 36.4 Å². The van der Waals surface area contributed by atoms with Gasteiger partial charge in [-0.15, -0.1) is 0 Å². The first-order valence-electron chi connectivity index (χ1n) is 6.74. The third kappa shape index (κ3) is 2.73. The van der Waals surface area contributed by atoms with Crippen molar-refractivity contribution in [1.29, 1.82) is 0 Å². The molecule has 0 fully saturated rings. The van der Waals surface area contributed by atoms with Crippen molar-refractivity contribution in [2.75, 3.05) is 0 Å². The Balaban J connectivity index is 2.14. The number of aromatic nitrogens is 2. The second-order valence-corrected chi connectivity index (χ2v) is 6.12. The molecule has 21 heavy (non-hydrogen) atoms. The highest BCUT2D eigenvalue weighted by Gasteiger charge is 2.10. The van der Waals surface area contributed by atoms with Crippen molar-refractivity contribution in [3.8, 4) is 0 Å². The fourth-order valence-electron chi connectivity index (χ4n) is 2.54. The van der Waals surface area contributed by atoms with E-state index in [4.69, 9.17) is 35.4 Å². The van der Waals surface area contributed by atoms with Crippen LogP contribution in [0, 0.1) is 4.77 Å². The van der Waals surface area contributed by atoms with E-state index in [-0.39, 0.29) is 0 Å². The van der Waals surface area contributed by atoms with Crippen LogP contribution >= 0.6 is 35.4 Å². The molecule has 2 nitrogen and oxygen atoms in total. The average Bonchev–Trinajstić information content (AvgIpc) is 2.76. The molecule has 0 radical (unpaired) electrons. The number of fused-ring (bicyclic) bond motifs is 1. The molecule has 1 heterocycles. The van der Waals surface area contributed by atoms with Crippen LogP contribution in [0.3, 0.4) is 0 Å². The van der Waals surface area contributed by atoms with Gasteiger partial charge in [0.1, 0.15) is 0 Å². The van der Waals surface area contributed by atoms with E-state index in [2.05, 4.69) is 40.7 Å². The van der Waals surface area contributed by atoms with E-state index in [9.17, 15) is 0 Å². The Bertz CT molecular complexity index is 864. The molecule has 0 spiro atoms. The van der Waals surface area contributed by atoms with Gasteiger partial charge in [0.2, 0.25) is 0 Å². The molecule has 0 unspecified atom stereocenters. The second-order valence-electron chi connectivity index (χ2n) is 4.92. The average molecular weight is 337 g/mol. The molecule has 3 rings (SSSR count). The monoisotopic (exact) mass is 336 g/mol. The van der Waals surface area contributed by atoms with Crippen LogP contribution in [0.1, 0.15) is 18.1 Å². The van der Waals surface area contributed by atoms with Crippen molar-refractivity contribution in [2.45, 2.75) is 19.9 Å². The first-order chi connectivity index (χ1) is 10.1. The SMILES string of the molecule is CCc1ccccc1Cn1c(=S)[nH]c2cc(Cl)c(Cl)cc21. The highest BCUT2D eigenvalue weighted by molar-refractivity contribution is 7.71. The molecule has 0 bridgehead atoms. The zero-order chi connectivity index (χ0) is 15.0. The summed E-state index contributed by atoms with van der Waals surface area (Å²) < 4.78 is 2.73. The van der Waals surface area contributed by atoms with Crippen LogP contribution in [0.2, 0.25) is 10.0 Å². The van der Waals surface area contributed by atoms with Crippen molar-refractivity contribution in [3.63, 3.8) is 0 Å². The summed E-state index contributed by atoms with van der Waals surface area (Å²) in [7, 11) is 0. The summed E-state index contributed by atoms with van der Waals surface area (Å²) in [6.07, 6.45) is 0.998. The molecular weight excluding hydrogens is 323 g/mol. The van der Waals surface area contributed by atoms with Crippen LogP contribution < -0.4 is 0 Å². The quantitative estimate of drug-likeness (QED) is 0.616. The number of benzene rings is 2. The minimum atomic E-state index is 0.529. The lowest BCUT2D eigenvalue weighted by Crippen LogP contribution is -2.02. The topological polar surface area (TPSA) is 20.7 Å². The molecular formula is C16H14Cl2N2S. The van der Waals surface area contributed by atoms with Crippen LogP contribution in [0.5, 0.6) is 0 Å². The van der Waals surface area contributed by atoms with E-state index in [1.807, 2.05) is 12.1 Å². The molecule has 0 saturated heterocycles. The molecule has 5 heteroatoms. The van der Waals surface area contributed by atoms with Gasteiger partial charge in [0.05, 0.1) is 27.6 Å². The van der Waals surface area contributed by atoms with Crippen LogP contribution in [-0.4, -0.2) is 9.55 Å². The van der Waals surface area contributed by atoms with Crippen LogP contribution in [0.25, 0.3) is 11.0 Å². The molecule has 0 amide bonds. The van der Waals surface area contributed by atoms with E-state index in [0.29, 0.717) is 14.8 Å². The summed E-state index contributed by atoms with van der Waals surface area (Å²) in [5.74, 6) is 0. The van der Waals surface area contributed by atoms with Crippen molar-refractivity contribution >= 4 is 46.5 Å². The largest absolute Gasteiger partial charge is 0.331 e. The lowest BCUT2D eigenvalue weighted by molar-refractivity contribution is 0.799. The summed E-state index contributed by atoms with van der Waals surface area (Å²) in [6.45, 7) is 2.88. The predicted octanol–water partition coefficient (Wildman–Crippen LogP) is 5.62. The molecule has 2 aromatic carbocycles. The third-order valence-electron chi connectivity index (χ3n) is 3.64. The molecule has 0 aliphatic carbocycles. The van der Waals surface area contributed by atoms with Gasteiger partial charge in [-0.25, -0.2) is 0 Å². The normalized spacial score (nSPS) is 11.2. The Hall–Kier alpha value is -1.29.